The molecule has 0 aliphatic heterocycles. The van der Waals surface area contributed by atoms with Gasteiger partial charge in [0.05, 0.1) is 15.9 Å². The highest BCUT2D eigenvalue weighted by molar-refractivity contribution is 5.90. The molecule has 7 heteroatoms. The number of aromatic nitrogens is 2. The van der Waals surface area contributed by atoms with Crippen molar-refractivity contribution in [2.24, 2.45) is 0 Å². The largest absolute Gasteiger partial charge is 0.506 e. The first-order valence-corrected chi connectivity index (χ1v) is 6.03. The van der Waals surface area contributed by atoms with Crippen molar-refractivity contribution in [1.82, 2.24) is 9.97 Å². The molecule has 0 amide bonds. The zero-order valence-corrected chi connectivity index (χ0v) is 10.6. The van der Waals surface area contributed by atoms with E-state index in [0.717, 1.165) is 6.20 Å². The molecule has 3 rings (SSSR count). The van der Waals surface area contributed by atoms with Gasteiger partial charge in [-0.1, -0.05) is 30.3 Å². The molecule has 0 aliphatic carbocycles. The van der Waals surface area contributed by atoms with Gasteiger partial charge in [-0.3, -0.25) is 14.9 Å². The topological polar surface area (TPSA) is 109 Å². The molecule has 0 unspecified atom stereocenters. The van der Waals surface area contributed by atoms with Crippen molar-refractivity contribution in [2.75, 3.05) is 0 Å². The molecule has 0 saturated heterocycles. The molecule has 2 N–H and O–H groups in total. The van der Waals surface area contributed by atoms with Crippen LogP contribution in [-0.2, 0) is 0 Å². The van der Waals surface area contributed by atoms with E-state index in [4.69, 9.17) is 0 Å². The van der Waals surface area contributed by atoms with Crippen molar-refractivity contribution in [3.8, 4) is 16.9 Å². The van der Waals surface area contributed by atoms with Gasteiger partial charge in [-0.15, -0.1) is 0 Å². The van der Waals surface area contributed by atoms with Gasteiger partial charge in [0.2, 0.25) is 0 Å². The molecular formula is C14H9N3O4. The van der Waals surface area contributed by atoms with E-state index in [0.29, 0.717) is 5.56 Å². The van der Waals surface area contributed by atoms with Crippen LogP contribution < -0.4 is 5.56 Å². The molecule has 0 aliphatic rings. The Labute approximate surface area is 117 Å². The Morgan fingerprint density at radius 3 is 2.62 bits per heavy atom. The summed E-state index contributed by atoms with van der Waals surface area (Å²) in [7, 11) is 0. The maximum absolute atomic E-state index is 12.1. The summed E-state index contributed by atoms with van der Waals surface area (Å²) in [6.07, 6.45) is 1.03. The van der Waals surface area contributed by atoms with Crippen molar-refractivity contribution in [1.29, 1.82) is 0 Å². The van der Waals surface area contributed by atoms with Crippen LogP contribution in [0.3, 0.4) is 0 Å². The van der Waals surface area contributed by atoms with E-state index < -0.39 is 10.5 Å². The standard InChI is InChI=1S/C14H9N3O4/c18-12-10-6-9(17(20)21)7-15-13(10)16-14(19)11(12)8-4-2-1-3-5-8/h1-7H,(H2,15,16,18,19). The van der Waals surface area contributed by atoms with Crippen molar-refractivity contribution >= 4 is 16.7 Å². The van der Waals surface area contributed by atoms with Gasteiger partial charge in [0.15, 0.2) is 0 Å². The molecular weight excluding hydrogens is 274 g/mol. The average Bonchev–Trinajstić information content (AvgIpc) is 2.48. The summed E-state index contributed by atoms with van der Waals surface area (Å²) >= 11 is 0. The maximum atomic E-state index is 12.1. The van der Waals surface area contributed by atoms with Crippen LogP contribution in [0.15, 0.2) is 47.4 Å². The predicted molar refractivity (Wildman–Crippen MR) is 76.1 cm³/mol. The minimum absolute atomic E-state index is 0.0606. The zero-order chi connectivity index (χ0) is 15.0. The van der Waals surface area contributed by atoms with Crippen LogP contribution >= 0.6 is 0 Å². The van der Waals surface area contributed by atoms with E-state index in [2.05, 4.69) is 9.97 Å². The number of rotatable bonds is 2. The minimum Gasteiger partial charge on any atom is -0.506 e. The van der Waals surface area contributed by atoms with Crippen molar-refractivity contribution in [3.63, 3.8) is 0 Å². The minimum atomic E-state index is -0.612. The normalized spacial score (nSPS) is 10.7. The van der Waals surface area contributed by atoms with E-state index in [1.165, 1.54) is 6.07 Å². The molecule has 0 saturated carbocycles. The number of pyridine rings is 2. The average molecular weight is 283 g/mol. The van der Waals surface area contributed by atoms with Gasteiger partial charge in [-0.2, -0.15) is 0 Å². The lowest BCUT2D eigenvalue weighted by atomic mass is 10.0. The number of benzene rings is 1. The molecule has 2 heterocycles. The fourth-order valence-electron chi connectivity index (χ4n) is 2.12. The highest BCUT2D eigenvalue weighted by atomic mass is 16.6. The number of H-pyrrole nitrogens is 1. The fraction of sp³-hybridized carbons (Fsp3) is 0. The molecule has 0 radical (unpaired) electrons. The summed E-state index contributed by atoms with van der Waals surface area (Å²) in [4.78, 5) is 28.6. The van der Waals surface area contributed by atoms with Gasteiger partial charge in [0, 0.05) is 6.07 Å². The van der Waals surface area contributed by atoms with Crippen molar-refractivity contribution in [2.45, 2.75) is 0 Å². The second-order valence-corrected chi connectivity index (χ2v) is 4.39. The first-order valence-electron chi connectivity index (χ1n) is 6.03. The van der Waals surface area contributed by atoms with Crippen LogP contribution in [0.1, 0.15) is 0 Å². The Hall–Kier alpha value is -3.22. The Morgan fingerprint density at radius 2 is 1.95 bits per heavy atom. The van der Waals surface area contributed by atoms with Gasteiger partial charge in [0.1, 0.15) is 17.6 Å². The van der Waals surface area contributed by atoms with Gasteiger partial charge >= 0.3 is 0 Å². The summed E-state index contributed by atoms with van der Waals surface area (Å²) in [5.74, 6) is -0.323. The first kappa shape index (κ1) is 12.8. The third-order valence-electron chi connectivity index (χ3n) is 3.10. The van der Waals surface area contributed by atoms with E-state index in [1.54, 1.807) is 30.3 Å². The number of hydrogen-bond acceptors (Lipinski definition) is 5. The molecule has 0 bridgehead atoms. The lowest BCUT2D eigenvalue weighted by Gasteiger charge is -2.06. The number of aromatic amines is 1. The zero-order valence-electron chi connectivity index (χ0n) is 10.6. The summed E-state index contributed by atoms with van der Waals surface area (Å²) < 4.78 is 0. The lowest BCUT2D eigenvalue weighted by Crippen LogP contribution is -2.10. The highest BCUT2D eigenvalue weighted by Gasteiger charge is 2.17. The van der Waals surface area contributed by atoms with Gasteiger partial charge in [-0.05, 0) is 5.56 Å². The number of nitrogens with zero attached hydrogens (tertiary/aromatic N) is 2. The second-order valence-electron chi connectivity index (χ2n) is 4.39. The lowest BCUT2D eigenvalue weighted by molar-refractivity contribution is -0.385. The number of hydrogen-bond donors (Lipinski definition) is 2. The number of nitro groups is 1. The predicted octanol–water partition coefficient (Wildman–Crippen LogP) is 2.20. The monoisotopic (exact) mass is 283 g/mol. The van der Waals surface area contributed by atoms with Gasteiger partial charge in [0.25, 0.3) is 11.2 Å². The molecule has 7 nitrogen and oxygen atoms in total. The van der Waals surface area contributed by atoms with Gasteiger partial charge in [-0.25, -0.2) is 4.98 Å². The van der Waals surface area contributed by atoms with E-state index in [9.17, 15) is 20.0 Å². The molecule has 2 aromatic heterocycles. The van der Waals surface area contributed by atoms with Crippen LogP contribution in [0.4, 0.5) is 5.69 Å². The van der Waals surface area contributed by atoms with Crippen molar-refractivity contribution < 1.29 is 10.0 Å². The second kappa shape index (κ2) is 4.71. The first-order chi connectivity index (χ1) is 10.1. The van der Waals surface area contributed by atoms with Crippen LogP contribution in [-0.4, -0.2) is 20.0 Å². The Kier molecular flexibility index (Phi) is 2.87. The third kappa shape index (κ3) is 2.10. The number of fused-ring (bicyclic) bond motifs is 1. The summed E-state index contributed by atoms with van der Waals surface area (Å²) in [6.45, 7) is 0. The molecule has 0 spiro atoms. The number of aromatic hydroxyl groups is 1. The fourth-order valence-corrected chi connectivity index (χ4v) is 2.12. The molecule has 0 fully saturated rings. The summed E-state index contributed by atoms with van der Waals surface area (Å²) in [6, 6.07) is 9.75. The van der Waals surface area contributed by atoms with Crippen molar-refractivity contribution in [3.05, 3.63) is 63.1 Å². The van der Waals surface area contributed by atoms with Crippen LogP contribution in [0.2, 0.25) is 0 Å². The quantitative estimate of drug-likeness (QED) is 0.553. The molecule has 3 aromatic rings. The van der Waals surface area contributed by atoms with Crippen LogP contribution in [0.5, 0.6) is 5.75 Å². The summed E-state index contributed by atoms with van der Waals surface area (Å²) in [5.41, 5.74) is -0.0887. The molecule has 21 heavy (non-hydrogen) atoms. The molecule has 104 valence electrons. The highest BCUT2D eigenvalue weighted by Crippen LogP contribution is 2.32. The SMILES string of the molecule is O=c1[nH]c2ncc([N+](=O)[O-])cc2c(O)c1-c1ccccc1. The van der Waals surface area contributed by atoms with Crippen LogP contribution in [0, 0.1) is 10.1 Å². The Bertz CT molecular complexity index is 903. The smallest absolute Gasteiger partial charge is 0.288 e. The van der Waals surface area contributed by atoms with E-state index in [-0.39, 0.29) is 28.0 Å². The maximum Gasteiger partial charge on any atom is 0.288 e. The molecule has 0 atom stereocenters. The number of nitrogens with one attached hydrogen (secondary N) is 1. The summed E-state index contributed by atoms with van der Waals surface area (Å²) in [5, 5.41) is 21.2. The van der Waals surface area contributed by atoms with E-state index >= 15 is 0 Å². The van der Waals surface area contributed by atoms with Crippen LogP contribution in [0.25, 0.3) is 22.2 Å². The Balaban J connectivity index is 2.36. The van der Waals surface area contributed by atoms with Gasteiger partial charge < -0.3 is 10.1 Å². The van der Waals surface area contributed by atoms with E-state index in [1.807, 2.05) is 0 Å². The Morgan fingerprint density at radius 1 is 1.24 bits per heavy atom. The molecule has 1 aromatic carbocycles. The third-order valence-corrected chi connectivity index (χ3v) is 3.10.